The van der Waals surface area contributed by atoms with Crippen molar-refractivity contribution in [2.75, 3.05) is 75.7 Å². The number of nitrogens with two attached hydrogens (primary N) is 7. The lowest BCUT2D eigenvalue weighted by atomic mass is 10.1. The van der Waals surface area contributed by atoms with Gasteiger partial charge >= 0.3 is 0 Å². The Morgan fingerprint density at radius 3 is 1.09 bits per heavy atom. The molecule has 7 rings (SSSR count). The average Bonchev–Trinajstić information content (AvgIpc) is 3.30. The van der Waals surface area contributed by atoms with Crippen LogP contribution < -0.4 is 63.8 Å². The SMILES string of the molecule is COc1cc(Cl)ccc1N.COc1ccc(Cl)cc1N.COc1ccc(N)c(OC)c1.COc1ccc(N)cc1.Cc1cc(Cl)ccc1N.Cc1ccc(N)c(C)c1.Cc1ccc(N)cc1. The van der Waals surface area contributed by atoms with E-state index in [9.17, 15) is 0 Å². The summed E-state index contributed by atoms with van der Waals surface area (Å²) < 4.78 is 24.7. The van der Waals surface area contributed by atoms with Crippen molar-refractivity contribution in [2.24, 2.45) is 0 Å². The number of halogens is 3. The van der Waals surface area contributed by atoms with Gasteiger partial charge in [-0.15, -0.1) is 0 Å². The van der Waals surface area contributed by atoms with Gasteiger partial charge in [0.25, 0.3) is 0 Å². The minimum absolute atomic E-state index is 0.565. The summed E-state index contributed by atoms with van der Waals surface area (Å²) in [4.78, 5) is 0. The smallest absolute Gasteiger partial charge is 0.145 e. The van der Waals surface area contributed by atoms with Crippen LogP contribution in [0.1, 0.15) is 22.3 Å². The maximum atomic E-state index is 5.66. The number of methoxy groups -OCH3 is 5. The molecule has 0 aliphatic rings. The molecule has 0 radical (unpaired) electrons. The van der Waals surface area contributed by atoms with Gasteiger partial charge in [-0.1, -0.05) is 70.2 Å². The second-order valence-electron chi connectivity index (χ2n) is 13.9. The molecule has 0 heterocycles. The van der Waals surface area contributed by atoms with E-state index in [1.54, 1.807) is 114 Å². The summed E-state index contributed by atoms with van der Waals surface area (Å²) in [5, 5.41) is 1.99. The van der Waals surface area contributed by atoms with Crippen LogP contribution in [0.3, 0.4) is 0 Å². The molecule has 7 aromatic rings. The van der Waals surface area contributed by atoms with Crippen LogP contribution in [0.4, 0.5) is 39.8 Å². The minimum Gasteiger partial charge on any atom is -0.497 e. The second-order valence-corrected chi connectivity index (χ2v) is 15.2. The van der Waals surface area contributed by atoms with E-state index >= 15 is 0 Å². The Morgan fingerprint density at radius 2 is 0.682 bits per heavy atom. The highest BCUT2D eigenvalue weighted by Gasteiger charge is 2.00. The first-order chi connectivity index (χ1) is 31.3. The number of hydrogen-bond acceptors (Lipinski definition) is 12. The van der Waals surface area contributed by atoms with Gasteiger partial charge < -0.3 is 63.8 Å². The Morgan fingerprint density at radius 1 is 0.303 bits per heavy atom. The first-order valence-corrected chi connectivity index (χ1v) is 21.1. The van der Waals surface area contributed by atoms with E-state index in [0.29, 0.717) is 44.4 Å². The second kappa shape index (κ2) is 31.0. The summed E-state index contributed by atoms with van der Waals surface area (Å²) in [5.41, 5.74) is 48.3. The van der Waals surface area contributed by atoms with Crippen molar-refractivity contribution in [3.63, 3.8) is 0 Å². The molecule has 7 aromatic carbocycles. The predicted octanol–water partition coefficient (Wildman–Crippen LogP) is 12.1. The number of aryl methyl sites for hydroxylation is 4. The Hall–Kier alpha value is -6.99. The molecule has 15 heteroatoms. The highest BCUT2D eigenvalue weighted by molar-refractivity contribution is 6.31. The van der Waals surface area contributed by atoms with Crippen molar-refractivity contribution in [1.29, 1.82) is 0 Å². The fraction of sp³-hybridized carbons (Fsp3) is 0.176. The zero-order valence-electron chi connectivity index (χ0n) is 39.0. The minimum atomic E-state index is 0.565. The van der Waals surface area contributed by atoms with Crippen LogP contribution in [0.5, 0.6) is 28.7 Å². The zero-order valence-corrected chi connectivity index (χ0v) is 41.3. The van der Waals surface area contributed by atoms with Crippen LogP contribution in [0, 0.1) is 27.7 Å². The number of nitrogen functional groups attached to an aromatic ring is 7. The summed E-state index contributed by atoms with van der Waals surface area (Å²) in [5.74, 6) is 3.50. The molecule has 0 spiro atoms. The first kappa shape index (κ1) is 57.0. The fourth-order valence-electron chi connectivity index (χ4n) is 4.84. The van der Waals surface area contributed by atoms with Crippen molar-refractivity contribution in [3.8, 4) is 28.7 Å². The normalized spacial score (nSPS) is 9.33. The number of anilines is 7. The molecule has 0 aliphatic heterocycles. The topological polar surface area (TPSA) is 228 Å². The molecule has 14 N–H and O–H groups in total. The highest BCUT2D eigenvalue weighted by Crippen LogP contribution is 2.27. The number of rotatable bonds is 5. The number of ether oxygens (including phenoxy) is 5. The van der Waals surface area contributed by atoms with Crippen LogP contribution in [0.2, 0.25) is 15.1 Å². The van der Waals surface area contributed by atoms with Gasteiger partial charge in [-0.2, -0.15) is 0 Å². The highest BCUT2D eigenvalue weighted by atomic mass is 35.5. The predicted molar refractivity (Wildman–Crippen MR) is 283 cm³/mol. The van der Waals surface area contributed by atoms with E-state index in [2.05, 4.69) is 13.0 Å². The zero-order chi connectivity index (χ0) is 49.8. The summed E-state index contributed by atoms with van der Waals surface area (Å²) in [6, 6.07) is 42.0. The van der Waals surface area contributed by atoms with E-state index in [1.807, 2.05) is 75.4 Å². The molecular formula is C51H64Cl3N7O5. The molecule has 0 aromatic heterocycles. The van der Waals surface area contributed by atoms with Crippen molar-refractivity contribution in [3.05, 3.63) is 177 Å². The maximum absolute atomic E-state index is 5.66. The molecule has 66 heavy (non-hydrogen) atoms. The van der Waals surface area contributed by atoms with Gasteiger partial charge in [0.05, 0.1) is 52.6 Å². The molecular weight excluding hydrogens is 897 g/mol. The summed E-state index contributed by atoms with van der Waals surface area (Å²) in [6.07, 6.45) is 0. The van der Waals surface area contributed by atoms with Crippen LogP contribution in [-0.2, 0) is 0 Å². The van der Waals surface area contributed by atoms with Crippen molar-refractivity contribution in [1.82, 2.24) is 0 Å². The van der Waals surface area contributed by atoms with Gasteiger partial charge in [0, 0.05) is 50.0 Å². The standard InChI is InChI=1S/C8H11NO2.C8H11N.2C7H8ClNO.C7H8ClN.C7H9NO.C7H9N/c1-10-6-3-4-7(9)8(5-6)11-2;1-6-3-4-8(9)7(2)5-6;1-10-7-3-2-5(8)4-6(7)9;1-10-7-4-5(8)2-3-6(7)9;1-5-4-6(8)2-3-7(5)9;1-9-7-4-2-6(8)3-5-7;1-6-2-4-7(8)5-3-6/h3-5H,9H2,1-2H3;3-5H,9H2,1-2H3;2*2-4H,9H2,1H3;2-4H,9H2,1H3;2-5H,8H2,1H3;2-5H,8H2,1H3. The molecule has 0 bridgehead atoms. The Bertz CT molecular complexity index is 2410. The number of hydrogen-bond donors (Lipinski definition) is 7. The van der Waals surface area contributed by atoms with E-state index in [-0.39, 0.29) is 0 Å². The van der Waals surface area contributed by atoms with Gasteiger partial charge in [-0.05, 0) is 142 Å². The average molecular weight is 961 g/mol. The lowest BCUT2D eigenvalue weighted by Gasteiger charge is -2.05. The monoisotopic (exact) mass is 959 g/mol. The van der Waals surface area contributed by atoms with Crippen LogP contribution in [0.25, 0.3) is 0 Å². The lowest BCUT2D eigenvalue weighted by Crippen LogP contribution is -1.92. The van der Waals surface area contributed by atoms with Gasteiger partial charge in [-0.25, -0.2) is 0 Å². The molecule has 0 fully saturated rings. The van der Waals surface area contributed by atoms with Crippen LogP contribution in [-0.4, -0.2) is 35.5 Å². The molecule has 0 saturated carbocycles. The quantitative estimate of drug-likeness (QED) is 0.0800. The van der Waals surface area contributed by atoms with Crippen molar-refractivity contribution < 1.29 is 23.7 Å². The largest absolute Gasteiger partial charge is 0.497 e. The Labute approximate surface area is 405 Å². The lowest BCUT2D eigenvalue weighted by molar-refractivity contribution is 0.395. The molecule has 354 valence electrons. The third-order valence-corrected chi connectivity index (χ3v) is 9.38. The summed E-state index contributed by atoms with van der Waals surface area (Å²) >= 11 is 17.0. The van der Waals surface area contributed by atoms with Crippen molar-refractivity contribution >= 4 is 74.6 Å². The van der Waals surface area contributed by atoms with Crippen molar-refractivity contribution in [2.45, 2.75) is 27.7 Å². The van der Waals surface area contributed by atoms with E-state index in [4.69, 9.17) is 98.6 Å². The molecule has 0 unspecified atom stereocenters. The molecule has 0 saturated heterocycles. The summed E-state index contributed by atoms with van der Waals surface area (Å²) in [7, 11) is 7.93. The van der Waals surface area contributed by atoms with Crippen LogP contribution >= 0.6 is 34.8 Å². The molecule has 0 atom stereocenters. The Kier molecular flexibility index (Phi) is 26.8. The van der Waals surface area contributed by atoms with E-state index in [1.165, 1.54) is 11.1 Å². The third-order valence-electron chi connectivity index (χ3n) is 8.68. The van der Waals surface area contributed by atoms with Gasteiger partial charge in [-0.3, -0.25) is 0 Å². The maximum Gasteiger partial charge on any atom is 0.145 e. The Balaban J connectivity index is 0.000000386. The van der Waals surface area contributed by atoms with E-state index < -0.39 is 0 Å². The third kappa shape index (κ3) is 23.1. The molecule has 12 nitrogen and oxygen atoms in total. The fourth-order valence-corrected chi connectivity index (χ4v) is 5.41. The van der Waals surface area contributed by atoms with Gasteiger partial charge in [0.2, 0.25) is 0 Å². The first-order valence-electron chi connectivity index (χ1n) is 20.0. The number of benzene rings is 7. The van der Waals surface area contributed by atoms with Gasteiger partial charge in [0.15, 0.2) is 0 Å². The van der Waals surface area contributed by atoms with Gasteiger partial charge in [0.1, 0.15) is 28.7 Å². The van der Waals surface area contributed by atoms with E-state index in [0.717, 1.165) is 50.4 Å². The summed E-state index contributed by atoms with van der Waals surface area (Å²) in [6.45, 7) is 8.05. The van der Waals surface area contributed by atoms with Crippen LogP contribution in [0.15, 0.2) is 140 Å². The molecule has 0 aliphatic carbocycles. The molecule has 0 amide bonds.